The van der Waals surface area contributed by atoms with Crippen LogP contribution in [0.5, 0.6) is 5.75 Å². The largest absolute Gasteiger partial charge is 0.491 e. The first-order chi connectivity index (χ1) is 13.2. The Bertz CT molecular complexity index is 809. The molecule has 2 rings (SSSR count). The van der Waals surface area contributed by atoms with Gasteiger partial charge in [-0.3, -0.25) is 0 Å². The van der Waals surface area contributed by atoms with Gasteiger partial charge in [0, 0.05) is 5.41 Å². The third-order valence-electron chi connectivity index (χ3n) is 5.67. The lowest BCUT2D eigenvalue weighted by molar-refractivity contribution is 0.160. The quantitative estimate of drug-likeness (QED) is 0.480. The number of rotatable bonds is 6. The van der Waals surface area contributed by atoms with E-state index in [2.05, 4.69) is 117 Å². The topological polar surface area (TPSA) is 9.23 Å². The Hall–Kier alpha value is -2.02. The molecule has 0 fully saturated rings. The predicted octanol–water partition coefficient (Wildman–Crippen LogP) is 8.28. The number of ether oxygens (including phenoxy) is 1. The zero-order chi connectivity index (χ0) is 22.0. The summed E-state index contributed by atoms with van der Waals surface area (Å²) in [5.41, 5.74) is 5.26. The van der Waals surface area contributed by atoms with Crippen LogP contribution in [0.1, 0.15) is 85.4 Å². The summed E-state index contributed by atoms with van der Waals surface area (Å²) in [6.07, 6.45) is 1.24. The van der Waals surface area contributed by atoms with Gasteiger partial charge < -0.3 is 4.74 Å². The summed E-state index contributed by atoms with van der Waals surface area (Å²) in [5.74, 6) is 0.943. The van der Waals surface area contributed by atoms with E-state index in [0.717, 1.165) is 12.2 Å². The van der Waals surface area contributed by atoms with Gasteiger partial charge in [-0.1, -0.05) is 98.4 Å². The molecule has 0 aliphatic heterocycles. The second-order valence-corrected chi connectivity index (χ2v) is 11.1. The first kappa shape index (κ1) is 23.3. The smallest absolute Gasteiger partial charge is 0.119 e. The van der Waals surface area contributed by atoms with Gasteiger partial charge in [0.25, 0.3) is 0 Å². The van der Waals surface area contributed by atoms with Crippen LogP contribution in [0.25, 0.3) is 5.57 Å². The number of benzene rings is 2. The van der Waals surface area contributed by atoms with E-state index in [9.17, 15) is 0 Å². The highest BCUT2D eigenvalue weighted by molar-refractivity contribution is 5.67. The second kappa shape index (κ2) is 8.38. The molecule has 0 aliphatic carbocycles. The van der Waals surface area contributed by atoms with Crippen molar-refractivity contribution in [3.05, 3.63) is 71.8 Å². The Morgan fingerprint density at radius 3 is 1.66 bits per heavy atom. The number of hydrogen-bond acceptors (Lipinski definition) is 1. The lowest BCUT2D eigenvalue weighted by atomic mass is 9.77. The first-order valence-corrected chi connectivity index (χ1v) is 10.8. The van der Waals surface area contributed by atoms with E-state index in [4.69, 9.17) is 4.74 Å². The van der Waals surface area contributed by atoms with Crippen LogP contribution >= 0.6 is 0 Å². The summed E-state index contributed by atoms with van der Waals surface area (Å²) >= 11 is 0. The Morgan fingerprint density at radius 1 is 0.793 bits per heavy atom. The molecule has 1 unspecified atom stereocenters. The highest BCUT2D eigenvalue weighted by atomic mass is 16.5. The van der Waals surface area contributed by atoms with Crippen LogP contribution in [0, 0.1) is 10.8 Å². The van der Waals surface area contributed by atoms with Crippen LogP contribution < -0.4 is 4.74 Å². The fourth-order valence-corrected chi connectivity index (χ4v) is 3.77. The Kier molecular flexibility index (Phi) is 6.72. The van der Waals surface area contributed by atoms with E-state index in [1.165, 1.54) is 22.3 Å². The van der Waals surface area contributed by atoms with Gasteiger partial charge in [-0.15, -0.1) is 0 Å². The maximum Gasteiger partial charge on any atom is 0.119 e. The van der Waals surface area contributed by atoms with Crippen molar-refractivity contribution in [3.8, 4) is 5.75 Å². The van der Waals surface area contributed by atoms with E-state index in [1.54, 1.807) is 0 Å². The minimum Gasteiger partial charge on any atom is -0.491 e. The second-order valence-electron chi connectivity index (χ2n) is 11.1. The summed E-state index contributed by atoms with van der Waals surface area (Å²) in [7, 11) is 0. The molecule has 0 radical (unpaired) electrons. The maximum atomic E-state index is 6.13. The molecule has 0 N–H and O–H groups in total. The maximum absolute atomic E-state index is 6.13. The molecule has 0 saturated carbocycles. The molecular weight excluding hydrogens is 352 g/mol. The van der Waals surface area contributed by atoms with E-state index >= 15 is 0 Å². The molecule has 0 aliphatic rings. The molecule has 2 aromatic carbocycles. The third-order valence-corrected chi connectivity index (χ3v) is 5.67. The van der Waals surface area contributed by atoms with Crippen LogP contribution in [-0.2, 0) is 5.41 Å². The van der Waals surface area contributed by atoms with Crippen LogP contribution in [-0.4, -0.2) is 6.10 Å². The van der Waals surface area contributed by atoms with Gasteiger partial charge >= 0.3 is 0 Å². The van der Waals surface area contributed by atoms with Crippen molar-refractivity contribution in [2.24, 2.45) is 10.8 Å². The van der Waals surface area contributed by atoms with Crippen molar-refractivity contribution >= 4 is 5.57 Å². The van der Waals surface area contributed by atoms with E-state index in [1.807, 2.05) is 0 Å². The summed E-state index contributed by atoms with van der Waals surface area (Å²) in [5, 5.41) is 0. The molecule has 1 heteroatoms. The lowest BCUT2D eigenvalue weighted by Gasteiger charge is -2.28. The molecule has 0 aromatic heterocycles. The van der Waals surface area contributed by atoms with Gasteiger partial charge in [0.1, 0.15) is 5.75 Å². The fourth-order valence-electron chi connectivity index (χ4n) is 3.77. The highest BCUT2D eigenvalue weighted by Gasteiger charge is 2.24. The summed E-state index contributed by atoms with van der Waals surface area (Å²) in [4.78, 5) is 0. The molecule has 2 aromatic rings. The highest BCUT2D eigenvalue weighted by Crippen LogP contribution is 2.36. The monoisotopic (exact) mass is 392 g/mol. The van der Waals surface area contributed by atoms with Crippen LogP contribution in [0.15, 0.2) is 55.1 Å². The molecule has 158 valence electrons. The predicted molar refractivity (Wildman–Crippen MR) is 128 cm³/mol. The van der Waals surface area contributed by atoms with E-state index in [0.29, 0.717) is 0 Å². The molecule has 1 nitrogen and oxygen atoms in total. The van der Waals surface area contributed by atoms with Crippen molar-refractivity contribution in [3.63, 3.8) is 0 Å². The fraction of sp³-hybridized carbons (Fsp3) is 0.500. The van der Waals surface area contributed by atoms with Gasteiger partial charge in [0.05, 0.1) is 6.10 Å². The SMILES string of the molecule is C=C(c1ccc(C(C)(C)c2ccc(OC(C)CC(C)(C)C)cc2)cc1)C(C)(C)C. The average Bonchev–Trinajstić information content (AvgIpc) is 2.59. The van der Waals surface area contributed by atoms with Crippen molar-refractivity contribution in [2.75, 3.05) is 0 Å². The molecular formula is C28H40O. The Balaban J connectivity index is 2.16. The summed E-state index contributed by atoms with van der Waals surface area (Å²) in [6.45, 7) is 24.4. The van der Waals surface area contributed by atoms with E-state index < -0.39 is 0 Å². The van der Waals surface area contributed by atoms with Crippen LogP contribution in [0.4, 0.5) is 0 Å². The van der Waals surface area contributed by atoms with Crippen molar-refractivity contribution in [1.29, 1.82) is 0 Å². The molecule has 0 spiro atoms. The normalized spacial score (nSPS) is 13.8. The first-order valence-electron chi connectivity index (χ1n) is 10.8. The zero-order valence-electron chi connectivity index (χ0n) is 20.0. The minimum atomic E-state index is -0.0723. The lowest BCUT2D eigenvalue weighted by Crippen LogP contribution is -2.21. The van der Waals surface area contributed by atoms with Gasteiger partial charge in [-0.25, -0.2) is 0 Å². The molecule has 0 amide bonds. The van der Waals surface area contributed by atoms with Gasteiger partial charge in [0.15, 0.2) is 0 Å². The van der Waals surface area contributed by atoms with Crippen molar-refractivity contribution in [1.82, 2.24) is 0 Å². The Labute approximate surface area is 179 Å². The molecule has 29 heavy (non-hydrogen) atoms. The number of allylic oxidation sites excluding steroid dienone is 1. The van der Waals surface area contributed by atoms with Crippen molar-refractivity contribution in [2.45, 2.75) is 80.3 Å². The Morgan fingerprint density at radius 2 is 1.24 bits per heavy atom. The molecule has 0 heterocycles. The molecule has 0 saturated heterocycles. The minimum absolute atomic E-state index is 0.0723. The number of hydrogen-bond donors (Lipinski definition) is 0. The van der Waals surface area contributed by atoms with Crippen molar-refractivity contribution < 1.29 is 4.74 Å². The molecule has 0 bridgehead atoms. The summed E-state index contributed by atoms with van der Waals surface area (Å²) in [6, 6.07) is 17.5. The summed E-state index contributed by atoms with van der Waals surface area (Å²) < 4.78 is 6.13. The van der Waals surface area contributed by atoms with Gasteiger partial charge in [0.2, 0.25) is 0 Å². The van der Waals surface area contributed by atoms with Crippen LogP contribution in [0.2, 0.25) is 0 Å². The van der Waals surface area contributed by atoms with E-state index in [-0.39, 0.29) is 22.3 Å². The van der Waals surface area contributed by atoms with Gasteiger partial charge in [-0.05, 0) is 58.6 Å². The third kappa shape index (κ3) is 6.23. The van der Waals surface area contributed by atoms with Crippen LogP contribution in [0.3, 0.4) is 0 Å². The van der Waals surface area contributed by atoms with Gasteiger partial charge in [-0.2, -0.15) is 0 Å². The molecule has 1 atom stereocenters. The average molecular weight is 393 g/mol. The standard InChI is InChI=1S/C28H40O/c1-20(19-26(3,4)5)29-25-17-15-24(16-18-25)28(9,10)23-13-11-22(12-14-23)21(2)27(6,7)8/h11-18,20H,2,19H2,1,3-10H3. The zero-order valence-corrected chi connectivity index (χ0v) is 20.0.